The van der Waals surface area contributed by atoms with Crippen molar-refractivity contribution < 1.29 is 4.42 Å². The fourth-order valence-corrected chi connectivity index (χ4v) is 1.09. The van der Waals surface area contributed by atoms with Crippen LogP contribution in [0, 0.1) is 13.8 Å². The van der Waals surface area contributed by atoms with Gasteiger partial charge in [-0.2, -0.15) is 0 Å². The van der Waals surface area contributed by atoms with Crippen LogP contribution in [0.2, 0.25) is 0 Å². The summed E-state index contributed by atoms with van der Waals surface area (Å²) in [6.45, 7) is 3.88. The van der Waals surface area contributed by atoms with Gasteiger partial charge in [0.25, 0.3) is 0 Å². The molecule has 0 aromatic carbocycles. The highest BCUT2D eigenvalue weighted by Gasteiger charge is 2.04. The number of rotatable bonds is 0. The molecule has 0 atom stereocenters. The second-order valence-electron chi connectivity index (χ2n) is 2.56. The van der Waals surface area contributed by atoms with Gasteiger partial charge in [0, 0.05) is 5.56 Å². The van der Waals surface area contributed by atoms with Crippen molar-refractivity contribution in [1.29, 1.82) is 0 Å². The SMILES string of the molecule is Cc1coc2c(C)ncnc12. The summed E-state index contributed by atoms with van der Waals surface area (Å²) in [4.78, 5) is 8.11. The maximum Gasteiger partial charge on any atom is 0.173 e. The molecule has 0 aliphatic carbocycles. The second-order valence-corrected chi connectivity index (χ2v) is 2.56. The highest BCUT2D eigenvalue weighted by Crippen LogP contribution is 2.18. The van der Waals surface area contributed by atoms with E-state index in [1.54, 1.807) is 12.6 Å². The first-order chi connectivity index (χ1) is 5.29. The van der Waals surface area contributed by atoms with Gasteiger partial charge in [-0.25, -0.2) is 9.97 Å². The molecule has 3 nitrogen and oxygen atoms in total. The molecule has 0 saturated heterocycles. The monoisotopic (exact) mass is 148 g/mol. The topological polar surface area (TPSA) is 38.9 Å². The van der Waals surface area contributed by atoms with E-state index in [9.17, 15) is 0 Å². The quantitative estimate of drug-likeness (QED) is 0.572. The summed E-state index contributed by atoms with van der Waals surface area (Å²) in [5, 5.41) is 0. The third-order valence-corrected chi connectivity index (χ3v) is 1.71. The number of furan rings is 1. The second kappa shape index (κ2) is 2.05. The van der Waals surface area contributed by atoms with Crippen LogP contribution in [0.4, 0.5) is 0 Å². The normalized spacial score (nSPS) is 10.7. The van der Waals surface area contributed by atoms with Crippen molar-refractivity contribution in [1.82, 2.24) is 9.97 Å². The Morgan fingerprint density at radius 1 is 1.27 bits per heavy atom. The summed E-state index contributed by atoms with van der Waals surface area (Å²) in [6.07, 6.45) is 3.26. The Balaban J connectivity index is 2.94. The van der Waals surface area contributed by atoms with E-state index in [2.05, 4.69) is 9.97 Å². The van der Waals surface area contributed by atoms with Crippen molar-refractivity contribution in [3.8, 4) is 0 Å². The summed E-state index contributed by atoms with van der Waals surface area (Å²) in [6, 6.07) is 0. The average molecular weight is 148 g/mol. The van der Waals surface area contributed by atoms with Gasteiger partial charge in [-0.3, -0.25) is 0 Å². The lowest BCUT2D eigenvalue weighted by atomic mass is 10.3. The van der Waals surface area contributed by atoms with Crippen LogP contribution in [-0.2, 0) is 0 Å². The van der Waals surface area contributed by atoms with Gasteiger partial charge in [-0.1, -0.05) is 0 Å². The zero-order valence-corrected chi connectivity index (χ0v) is 6.46. The van der Waals surface area contributed by atoms with Gasteiger partial charge in [-0.15, -0.1) is 0 Å². The third-order valence-electron chi connectivity index (χ3n) is 1.71. The molecule has 56 valence electrons. The van der Waals surface area contributed by atoms with Crippen LogP contribution in [0.1, 0.15) is 11.3 Å². The molecular weight excluding hydrogens is 140 g/mol. The fraction of sp³-hybridized carbons (Fsp3) is 0.250. The minimum atomic E-state index is 0.796. The summed E-state index contributed by atoms with van der Waals surface area (Å²) in [5.41, 5.74) is 3.66. The van der Waals surface area contributed by atoms with Crippen molar-refractivity contribution in [3.63, 3.8) is 0 Å². The van der Waals surface area contributed by atoms with Crippen molar-refractivity contribution in [2.45, 2.75) is 13.8 Å². The summed E-state index contributed by atoms with van der Waals surface area (Å²) in [7, 11) is 0. The van der Waals surface area contributed by atoms with Crippen molar-refractivity contribution in [2.75, 3.05) is 0 Å². The highest BCUT2D eigenvalue weighted by molar-refractivity contribution is 5.77. The van der Waals surface area contributed by atoms with Crippen LogP contribution in [0.25, 0.3) is 11.1 Å². The average Bonchev–Trinajstić information content (AvgIpc) is 2.35. The first-order valence-electron chi connectivity index (χ1n) is 3.44. The smallest absolute Gasteiger partial charge is 0.173 e. The molecule has 0 saturated carbocycles. The van der Waals surface area contributed by atoms with E-state index in [4.69, 9.17) is 4.42 Å². The van der Waals surface area contributed by atoms with Gasteiger partial charge in [0.2, 0.25) is 0 Å². The number of nitrogens with zero attached hydrogens (tertiary/aromatic N) is 2. The minimum Gasteiger partial charge on any atom is -0.460 e. The first kappa shape index (κ1) is 6.34. The van der Waals surface area contributed by atoms with Gasteiger partial charge in [0.05, 0.1) is 12.0 Å². The van der Waals surface area contributed by atoms with Crippen molar-refractivity contribution in [3.05, 3.63) is 23.8 Å². The Labute approximate surface area is 64.1 Å². The van der Waals surface area contributed by atoms with Crippen LogP contribution in [0.3, 0.4) is 0 Å². The maximum atomic E-state index is 5.25. The zero-order valence-electron chi connectivity index (χ0n) is 6.46. The van der Waals surface area contributed by atoms with Crippen LogP contribution in [-0.4, -0.2) is 9.97 Å². The zero-order chi connectivity index (χ0) is 7.84. The van der Waals surface area contributed by atoms with E-state index in [0.29, 0.717) is 0 Å². The van der Waals surface area contributed by atoms with Crippen molar-refractivity contribution in [2.24, 2.45) is 0 Å². The fourth-order valence-electron chi connectivity index (χ4n) is 1.09. The van der Waals surface area contributed by atoms with Gasteiger partial charge < -0.3 is 4.42 Å². The molecular formula is C8H8N2O. The standard InChI is InChI=1S/C8H8N2O/c1-5-3-11-8-6(2)9-4-10-7(5)8/h3-4H,1-2H3. The molecule has 0 N–H and O–H groups in total. The Bertz CT molecular complexity index is 392. The first-order valence-corrected chi connectivity index (χ1v) is 3.44. The summed E-state index contributed by atoms with van der Waals surface area (Å²) < 4.78 is 5.25. The molecule has 0 fully saturated rings. The predicted octanol–water partition coefficient (Wildman–Crippen LogP) is 1.84. The summed E-state index contributed by atoms with van der Waals surface area (Å²) >= 11 is 0. The molecule has 3 heteroatoms. The maximum absolute atomic E-state index is 5.25. The molecule has 2 aromatic rings. The van der Waals surface area contributed by atoms with Gasteiger partial charge >= 0.3 is 0 Å². The lowest BCUT2D eigenvalue weighted by Gasteiger charge is -1.90. The molecule has 11 heavy (non-hydrogen) atoms. The van der Waals surface area contributed by atoms with E-state index in [1.807, 2.05) is 13.8 Å². The predicted molar refractivity (Wildman–Crippen MR) is 41.3 cm³/mol. The van der Waals surface area contributed by atoms with Crippen LogP contribution >= 0.6 is 0 Å². The van der Waals surface area contributed by atoms with Gasteiger partial charge in [-0.05, 0) is 13.8 Å². The van der Waals surface area contributed by atoms with Crippen LogP contribution in [0.5, 0.6) is 0 Å². The number of aromatic nitrogens is 2. The molecule has 2 rings (SSSR count). The Kier molecular flexibility index (Phi) is 1.18. The van der Waals surface area contributed by atoms with Crippen LogP contribution in [0.15, 0.2) is 17.0 Å². The Hall–Kier alpha value is -1.38. The van der Waals surface area contributed by atoms with E-state index in [0.717, 1.165) is 22.4 Å². The number of hydrogen-bond acceptors (Lipinski definition) is 3. The lowest BCUT2D eigenvalue weighted by molar-refractivity contribution is 0.607. The minimum absolute atomic E-state index is 0.796. The van der Waals surface area contributed by atoms with E-state index >= 15 is 0 Å². The molecule has 0 unspecified atom stereocenters. The molecule has 0 spiro atoms. The lowest BCUT2D eigenvalue weighted by Crippen LogP contribution is -1.83. The molecule has 0 radical (unpaired) electrons. The van der Waals surface area contributed by atoms with Gasteiger partial charge in [0.15, 0.2) is 5.58 Å². The molecule has 2 aromatic heterocycles. The molecule has 0 aliphatic rings. The molecule has 2 heterocycles. The van der Waals surface area contributed by atoms with Crippen LogP contribution < -0.4 is 0 Å². The number of aryl methyl sites for hydroxylation is 2. The van der Waals surface area contributed by atoms with Crippen molar-refractivity contribution >= 4 is 11.1 Å². The number of hydrogen-bond donors (Lipinski definition) is 0. The Morgan fingerprint density at radius 3 is 2.82 bits per heavy atom. The van der Waals surface area contributed by atoms with E-state index in [1.165, 1.54) is 0 Å². The number of fused-ring (bicyclic) bond motifs is 1. The molecule has 0 amide bonds. The summed E-state index contributed by atoms with van der Waals surface area (Å²) in [5.74, 6) is 0. The van der Waals surface area contributed by atoms with Gasteiger partial charge in [0.1, 0.15) is 11.8 Å². The largest absolute Gasteiger partial charge is 0.460 e. The Morgan fingerprint density at radius 2 is 2.09 bits per heavy atom. The van der Waals surface area contributed by atoms with E-state index < -0.39 is 0 Å². The third kappa shape index (κ3) is 0.808. The molecule has 0 aliphatic heterocycles. The molecule has 0 bridgehead atoms. The van der Waals surface area contributed by atoms with E-state index in [-0.39, 0.29) is 0 Å². The highest BCUT2D eigenvalue weighted by atomic mass is 16.3.